The first-order chi connectivity index (χ1) is 9.06. The van der Waals surface area contributed by atoms with Gasteiger partial charge in [0.25, 0.3) is 0 Å². The lowest BCUT2D eigenvalue weighted by Crippen LogP contribution is -2.26. The molecule has 1 N–H and O–H groups in total. The molecule has 0 aromatic carbocycles. The predicted molar refractivity (Wildman–Crippen MR) is 70.2 cm³/mol. The molecule has 0 unspecified atom stereocenters. The zero-order chi connectivity index (χ0) is 13.8. The van der Waals surface area contributed by atoms with Gasteiger partial charge in [-0.15, -0.1) is 0 Å². The maximum atomic E-state index is 12.0. The second-order valence-electron chi connectivity index (χ2n) is 4.40. The normalized spacial score (nSPS) is 11.4. The summed E-state index contributed by atoms with van der Waals surface area (Å²) in [5.74, 6) is -0.245. The van der Waals surface area contributed by atoms with Gasteiger partial charge in [0.1, 0.15) is 19.9 Å². The molecule has 2 heterocycles. The average Bonchev–Trinajstić information content (AvgIpc) is 2.40. The maximum absolute atomic E-state index is 12.0. The average molecular weight is 256 g/mol. The summed E-state index contributed by atoms with van der Waals surface area (Å²) in [6.45, 7) is 0. The summed E-state index contributed by atoms with van der Waals surface area (Å²) in [5, 5.41) is 9.92. The molecule has 0 saturated heterocycles. The fourth-order valence-corrected chi connectivity index (χ4v) is 1.63. The van der Waals surface area contributed by atoms with E-state index < -0.39 is 0 Å². The van der Waals surface area contributed by atoms with E-state index in [-0.39, 0.29) is 11.5 Å². The molecule has 0 aliphatic rings. The number of hydrogen-bond donors (Lipinski definition) is 1. The van der Waals surface area contributed by atoms with Crippen LogP contribution in [0, 0.1) is 0 Å². The van der Waals surface area contributed by atoms with Gasteiger partial charge in [0.05, 0.1) is 0 Å². The molecule has 2 aromatic heterocycles. The Labute approximate surface area is 111 Å². The predicted octanol–water partition coefficient (Wildman–Crippen LogP) is 1.12. The zero-order valence-electron chi connectivity index (χ0n) is 10.9. The second kappa shape index (κ2) is 5.44. The fourth-order valence-electron chi connectivity index (χ4n) is 1.63. The van der Waals surface area contributed by atoms with Gasteiger partial charge in [0, 0.05) is 41.5 Å². The van der Waals surface area contributed by atoms with E-state index in [1.807, 2.05) is 35.6 Å². The van der Waals surface area contributed by atoms with Crippen LogP contribution >= 0.6 is 0 Å². The van der Waals surface area contributed by atoms with Crippen molar-refractivity contribution < 1.29 is 19.0 Å². The minimum atomic E-state index is -0.216. The third kappa shape index (κ3) is 3.25. The summed E-state index contributed by atoms with van der Waals surface area (Å²) in [7, 11) is 3.77. The highest BCUT2D eigenvalue weighted by atomic mass is 16.3. The Bertz CT molecular complexity index is 614. The molecule has 4 heteroatoms. The van der Waals surface area contributed by atoms with Crippen LogP contribution in [0.15, 0.2) is 55.1 Å². The molecular weight excluding hydrogens is 240 g/mol. The molecule has 0 radical (unpaired) electrons. The Balaban J connectivity index is 2.22. The molecule has 0 aliphatic heterocycles. The van der Waals surface area contributed by atoms with Crippen LogP contribution in [-0.4, -0.2) is 10.9 Å². The standard InChI is InChI=1S/C15H15N2O2/c1-16-7-3-12(4-8-16)14(18)11-15(19)13-5-9-17(2)10-6-13/h3-11H,1-2H3/q+1/p+1. The van der Waals surface area contributed by atoms with Crippen LogP contribution in [0.1, 0.15) is 15.9 Å². The van der Waals surface area contributed by atoms with Crippen molar-refractivity contribution in [1.29, 1.82) is 0 Å². The number of pyridine rings is 2. The van der Waals surface area contributed by atoms with E-state index in [0.29, 0.717) is 11.1 Å². The van der Waals surface area contributed by atoms with Crippen LogP contribution in [-0.2, 0) is 14.1 Å². The Morgan fingerprint density at radius 1 is 0.947 bits per heavy atom. The van der Waals surface area contributed by atoms with Gasteiger partial charge in [0.15, 0.2) is 30.6 Å². The molecule has 0 fully saturated rings. The Hall–Kier alpha value is -2.49. The SMILES string of the molecule is C[n+]1ccc(C(=O)/C=C(\O)c2cc[n+](C)cc2)cc1. The molecular formula is C15H16N2O2+2. The molecule has 0 aliphatic carbocycles. The summed E-state index contributed by atoms with van der Waals surface area (Å²) >= 11 is 0. The van der Waals surface area contributed by atoms with Gasteiger partial charge in [-0.05, 0) is 0 Å². The van der Waals surface area contributed by atoms with E-state index in [1.54, 1.807) is 36.7 Å². The lowest BCUT2D eigenvalue weighted by atomic mass is 10.1. The molecule has 0 bridgehead atoms. The van der Waals surface area contributed by atoms with Crippen molar-refractivity contribution >= 4 is 11.5 Å². The minimum Gasteiger partial charge on any atom is -0.507 e. The number of aliphatic hydroxyl groups excluding tert-OH is 1. The van der Waals surface area contributed by atoms with Gasteiger partial charge in [-0.2, -0.15) is 0 Å². The smallest absolute Gasteiger partial charge is 0.189 e. The van der Waals surface area contributed by atoms with Crippen molar-refractivity contribution in [2.75, 3.05) is 0 Å². The molecule has 4 nitrogen and oxygen atoms in total. The van der Waals surface area contributed by atoms with Crippen molar-refractivity contribution in [2.24, 2.45) is 14.1 Å². The van der Waals surface area contributed by atoms with E-state index in [2.05, 4.69) is 0 Å². The van der Waals surface area contributed by atoms with Crippen molar-refractivity contribution in [2.45, 2.75) is 0 Å². The van der Waals surface area contributed by atoms with E-state index in [0.717, 1.165) is 0 Å². The van der Waals surface area contributed by atoms with Crippen LogP contribution in [0.25, 0.3) is 5.76 Å². The first-order valence-corrected chi connectivity index (χ1v) is 5.92. The first-order valence-electron chi connectivity index (χ1n) is 5.92. The molecule has 19 heavy (non-hydrogen) atoms. The number of nitrogens with zero attached hydrogens (tertiary/aromatic N) is 2. The molecule has 2 aromatic rings. The van der Waals surface area contributed by atoms with E-state index in [4.69, 9.17) is 0 Å². The second-order valence-corrected chi connectivity index (χ2v) is 4.40. The monoisotopic (exact) mass is 256 g/mol. The van der Waals surface area contributed by atoms with Gasteiger partial charge >= 0.3 is 0 Å². The highest BCUT2D eigenvalue weighted by molar-refractivity contribution is 6.07. The van der Waals surface area contributed by atoms with E-state index in [1.165, 1.54) is 6.08 Å². The van der Waals surface area contributed by atoms with Gasteiger partial charge in [-0.1, -0.05) is 0 Å². The number of aryl methyl sites for hydroxylation is 2. The number of rotatable bonds is 3. The summed E-state index contributed by atoms with van der Waals surface area (Å²) in [6.07, 6.45) is 8.45. The fraction of sp³-hybridized carbons (Fsp3) is 0.133. The van der Waals surface area contributed by atoms with Gasteiger partial charge in [-0.3, -0.25) is 4.79 Å². The zero-order valence-corrected chi connectivity index (χ0v) is 10.9. The summed E-state index contributed by atoms with van der Waals surface area (Å²) in [5.41, 5.74) is 1.17. The number of carbonyl (C=O) groups excluding carboxylic acids is 1. The van der Waals surface area contributed by atoms with Crippen molar-refractivity contribution in [3.63, 3.8) is 0 Å². The Morgan fingerprint density at radius 3 is 1.84 bits per heavy atom. The van der Waals surface area contributed by atoms with Gasteiger partial charge in [0.2, 0.25) is 0 Å². The van der Waals surface area contributed by atoms with Crippen molar-refractivity contribution in [3.8, 4) is 0 Å². The lowest BCUT2D eigenvalue weighted by Gasteiger charge is -1.99. The van der Waals surface area contributed by atoms with E-state index in [9.17, 15) is 9.90 Å². The molecule has 0 atom stereocenters. The molecule has 0 spiro atoms. The summed E-state index contributed by atoms with van der Waals surface area (Å²) < 4.78 is 3.70. The van der Waals surface area contributed by atoms with Crippen LogP contribution in [0.3, 0.4) is 0 Å². The third-order valence-corrected chi connectivity index (χ3v) is 2.81. The number of hydrogen-bond acceptors (Lipinski definition) is 2. The third-order valence-electron chi connectivity index (χ3n) is 2.81. The highest BCUT2D eigenvalue weighted by Gasteiger charge is 2.08. The van der Waals surface area contributed by atoms with Crippen molar-refractivity contribution in [1.82, 2.24) is 0 Å². The molecule has 96 valence electrons. The number of aliphatic hydroxyl groups is 1. The number of carbonyl (C=O) groups is 1. The summed E-state index contributed by atoms with van der Waals surface area (Å²) in [4.78, 5) is 12.0. The quantitative estimate of drug-likeness (QED) is 0.387. The van der Waals surface area contributed by atoms with Crippen LogP contribution in [0.5, 0.6) is 0 Å². The highest BCUT2D eigenvalue weighted by Crippen LogP contribution is 2.10. The molecule has 0 amide bonds. The largest absolute Gasteiger partial charge is 0.507 e. The van der Waals surface area contributed by atoms with Crippen LogP contribution in [0.2, 0.25) is 0 Å². The summed E-state index contributed by atoms with van der Waals surface area (Å²) in [6, 6.07) is 6.95. The Morgan fingerprint density at radius 2 is 1.37 bits per heavy atom. The van der Waals surface area contributed by atoms with Crippen LogP contribution < -0.4 is 9.13 Å². The number of aromatic nitrogens is 2. The van der Waals surface area contributed by atoms with Gasteiger partial charge < -0.3 is 5.11 Å². The van der Waals surface area contributed by atoms with Crippen molar-refractivity contribution in [3.05, 3.63) is 66.3 Å². The number of allylic oxidation sites excluding steroid dienone is 1. The molecule has 0 saturated carbocycles. The molecule has 2 rings (SSSR count). The maximum Gasteiger partial charge on any atom is 0.189 e. The Kier molecular flexibility index (Phi) is 3.71. The number of ketones is 1. The first kappa shape index (κ1) is 13.0. The lowest BCUT2D eigenvalue weighted by molar-refractivity contribution is -0.671. The minimum absolute atomic E-state index is 0.0289. The van der Waals surface area contributed by atoms with Gasteiger partial charge in [-0.25, -0.2) is 9.13 Å². The topological polar surface area (TPSA) is 45.1 Å². The van der Waals surface area contributed by atoms with E-state index >= 15 is 0 Å². The van der Waals surface area contributed by atoms with Crippen LogP contribution in [0.4, 0.5) is 0 Å².